The number of aromatic nitrogens is 1. The van der Waals surface area contributed by atoms with Crippen molar-refractivity contribution in [2.75, 3.05) is 6.54 Å². The van der Waals surface area contributed by atoms with Gasteiger partial charge in [-0.3, -0.25) is 9.59 Å². The topological polar surface area (TPSA) is 63.1 Å². The quantitative estimate of drug-likeness (QED) is 0.850. The average Bonchev–Trinajstić information content (AvgIpc) is 2.69. The first-order valence-electron chi connectivity index (χ1n) is 7.07. The van der Waals surface area contributed by atoms with E-state index in [1.165, 1.54) is 0 Å². The Morgan fingerprint density at radius 1 is 1.33 bits per heavy atom. The van der Waals surface area contributed by atoms with Crippen molar-refractivity contribution in [3.05, 3.63) is 22.4 Å². The molecule has 1 heterocycles. The van der Waals surface area contributed by atoms with E-state index in [4.69, 9.17) is 0 Å². The number of rotatable bonds is 5. The molecule has 0 atom stereocenters. The van der Waals surface area contributed by atoms with Crippen LogP contribution in [0.1, 0.15) is 57.6 Å². The minimum atomic E-state index is -0.252. The second-order valence-corrected chi connectivity index (χ2v) is 7.26. The molecule has 118 valence electrons. The summed E-state index contributed by atoms with van der Waals surface area (Å²) in [4.78, 5) is 23.8. The fourth-order valence-electron chi connectivity index (χ4n) is 1.92. The summed E-state index contributed by atoms with van der Waals surface area (Å²) < 4.78 is 2.76. The zero-order valence-electron chi connectivity index (χ0n) is 13.3. The van der Waals surface area contributed by atoms with Crippen LogP contribution in [0.3, 0.4) is 0 Å². The standard InChI is InChI=1S/C15H24BrN3O2/c1-10(2)19-9-11(16)8-12(19)14(21)17-7-6-13(20)18-15(3,4)5/h8-10H,6-7H2,1-5H3,(H,17,21)(H,18,20). The predicted octanol–water partition coefficient (Wildman–Crippen LogP) is 2.87. The van der Waals surface area contributed by atoms with E-state index in [0.717, 1.165) is 4.47 Å². The SMILES string of the molecule is CC(C)n1cc(Br)cc1C(=O)NCCC(=O)NC(C)(C)C. The fourth-order valence-corrected chi connectivity index (χ4v) is 2.35. The Labute approximate surface area is 134 Å². The number of hydrogen-bond donors (Lipinski definition) is 2. The van der Waals surface area contributed by atoms with Gasteiger partial charge in [0.1, 0.15) is 5.69 Å². The maximum atomic E-state index is 12.2. The summed E-state index contributed by atoms with van der Waals surface area (Å²) in [6.07, 6.45) is 2.15. The molecular formula is C15H24BrN3O2. The molecule has 21 heavy (non-hydrogen) atoms. The van der Waals surface area contributed by atoms with Crippen LogP contribution in [0, 0.1) is 0 Å². The summed E-state index contributed by atoms with van der Waals surface area (Å²) in [5.74, 6) is -0.235. The summed E-state index contributed by atoms with van der Waals surface area (Å²) in [5.41, 5.74) is 0.339. The van der Waals surface area contributed by atoms with Crippen molar-refractivity contribution in [3.8, 4) is 0 Å². The molecule has 2 amide bonds. The van der Waals surface area contributed by atoms with Gasteiger partial charge in [0.2, 0.25) is 5.91 Å². The Morgan fingerprint density at radius 2 is 1.95 bits per heavy atom. The molecule has 0 unspecified atom stereocenters. The number of hydrogen-bond acceptors (Lipinski definition) is 2. The first-order chi connectivity index (χ1) is 9.60. The van der Waals surface area contributed by atoms with Gasteiger partial charge in [0, 0.05) is 35.2 Å². The van der Waals surface area contributed by atoms with E-state index < -0.39 is 0 Å². The predicted molar refractivity (Wildman–Crippen MR) is 87.4 cm³/mol. The molecule has 0 saturated heterocycles. The lowest BCUT2D eigenvalue weighted by molar-refractivity contribution is -0.122. The minimum Gasteiger partial charge on any atom is -0.351 e. The van der Waals surface area contributed by atoms with E-state index in [2.05, 4.69) is 26.6 Å². The molecule has 6 heteroatoms. The highest BCUT2D eigenvalue weighted by molar-refractivity contribution is 9.10. The molecule has 1 aromatic rings. The molecule has 0 aliphatic heterocycles. The maximum absolute atomic E-state index is 12.2. The molecule has 0 saturated carbocycles. The van der Waals surface area contributed by atoms with Crippen molar-refractivity contribution in [2.45, 2.75) is 52.6 Å². The third-order valence-electron chi connectivity index (χ3n) is 2.76. The van der Waals surface area contributed by atoms with E-state index >= 15 is 0 Å². The zero-order valence-corrected chi connectivity index (χ0v) is 14.9. The lowest BCUT2D eigenvalue weighted by Gasteiger charge is -2.20. The van der Waals surface area contributed by atoms with Crippen molar-refractivity contribution < 1.29 is 9.59 Å². The van der Waals surface area contributed by atoms with Gasteiger partial charge in [-0.1, -0.05) is 0 Å². The Morgan fingerprint density at radius 3 is 2.48 bits per heavy atom. The number of carbonyl (C=O) groups is 2. The lowest BCUT2D eigenvalue weighted by atomic mass is 10.1. The third-order valence-corrected chi connectivity index (χ3v) is 3.19. The second kappa shape index (κ2) is 7.11. The Balaban J connectivity index is 2.53. The minimum absolute atomic E-state index is 0.0665. The van der Waals surface area contributed by atoms with Crippen molar-refractivity contribution in [1.82, 2.24) is 15.2 Å². The number of nitrogens with one attached hydrogen (secondary N) is 2. The van der Waals surface area contributed by atoms with Crippen LogP contribution in [0.4, 0.5) is 0 Å². The van der Waals surface area contributed by atoms with Gasteiger partial charge < -0.3 is 15.2 Å². The fraction of sp³-hybridized carbons (Fsp3) is 0.600. The van der Waals surface area contributed by atoms with Gasteiger partial charge in [-0.05, 0) is 56.6 Å². The van der Waals surface area contributed by atoms with E-state index in [0.29, 0.717) is 12.2 Å². The van der Waals surface area contributed by atoms with Crippen LogP contribution in [0.15, 0.2) is 16.7 Å². The van der Waals surface area contributed by atoms with Crippen LogP contribution in [-0.2, 0) is 4.79 Å². The van der Waals surface area contributed by atoms with Crippen LogP contribution < -0.4 is 10.6 Å². The van der Waals surface area contributed by atoms with Crippen LogP contribution >= 0.6 is 15.9 Å². The highest BCUT2D eigenvalue weighted by Crippen LogP contribution is 2.19. The van der Waals surface area contributed by atoms with Gasteiger partial charge in [0.25, 0.3) is 5.91 Å². The third kappa shape index (κ3) is 5.91. The largest absolute Gasteiger partial charge is 0.351 e. The van der Waals surface area contributed by atoms with Crippen molar-refractivity contribution in [3.63, 3.8) is 0 Å². The van der Waals surface area contributed by atoms with E-state index in [1.54, 1.807) is 6.07 Å². The van der Waals surface area contributed by atoms with E-state index in [9.17, 15) is 9.59 Å². The summed E-state index contributed by atoms with van der Waals surface area (Å²) in [6, 6.07) is 1.98. The molecular weight excluding hydrogens is 334 g/mol. The second-order valence-electron chi connectivity index (χ2n) is 6.35. The van der Waals surface area contributed by atoms with Gasteiger partial charge >= 0.3 is 0 Å². The van der Waals surface area contributed by atoms with Gasteiger partial charge in [-0.25, -0.2) is 0 Å². The maximum Gasteiger partial charge on any atom is 0.267 e. The first kappa shape index (κ1) is 17.8. The van der Waals surface area contributed by atoms with Gasteiger partial charge in [-0.15, -0.1) is 0 Å². The summed E-state index contributed by atoms with van der Waals surface area (Å²) in [7, 11) is 0. The molecule has 0 radical (unpaired) electrons. The highest BCUT2D eigenvalue weighted by atomic mass is 79.9. The molecule has 0 aromatic carbocycles. The highest BCUT2D eigenvalue weighted by Gasteiger charge is 2.16. The van der Waals surface area contributed by atoms with E-state index in [1.807, 2.05) is 45.4 Å². The molecule has 0 bridgehead atoms. The van der Waals surface area contributed by atoms with Gasteiger partial charge in [-0.2, -0.15) is 0 Å². The first-order valence-corrected chi connectivity index (χ1v) is 7.86. The number of nitrogens with zero attached hydrogens (tertiary/aromatic N) is 1. The molecule has 1 aromatic heterocycles. The lowest BCUT2D eigenvalue weighted by Crippen LogP contribution is -2.42. The molecule has 0 aliphatic rings. The van der Waals surface area contributed by atoms with E-state index in [-0.39, 0.29) is 29.8 Å². The van der Waals surface area contributed by atoms with Crippen LogP contribution in [-0.4, -0.2) is 28.5 Å². The average molecular weight is 358 g/mol. The molecule has 0 spiro atoms. The number of amides is 2. The smallest absolute Gasteiger partial charge is 0.267 e. The van der Waals surface area contributed by atoms with Gasteiger partial charge in [0.05, 0.1) is 0 Å². The Bertz CT molecular complexity index is 515. The summed E-state index contributed by atoms with van der Waals surface area (Å²) in [5, 5.41) is 5.65. The Kier molecular flexibility index (Phi) is 6.01. The molecule has 0 fully saturated rings. The van der Waals surface area contributed by atoms with Crippen molar-refractivity contribution in [1.29, 1.82) is 0 Å². The van der Waals surface area contributed by atoms with Crippen molar-refractivity contribution in [2.24, 2.45) is 0 Å². The van der Waals surface area contributed by atoms with Gasteiger partial charge in [0.15, 0.2) is 0 Å². The number of carbonyl (C=O) groups excluding carboxylic acids is 2. The molecule has 0 aliphatic carbocycles. The summed E-state index contributed by atoms with van der Waals surface area (Å²) in [6.45, 7) is 10.1. The zero-order chi connectivity index (χ0) is 16.2. The normalized spacial score (nSPS) is 11.6. The molecule has 5 nitrogen and oxygen atoms in total. The Hall–Kier alpha value is -1.30. The van der Waals surface area contributed by atoms with Crippen LogP contribution in [0.2, 0.25) is 0 Å². The summed E-state index contributed by atoms with van der Waals surface area (Å²) >= 11 is 3.38. The molecule has 1 rings (SSSR count). The monoisotopic (exact) mass is 357 g/mol. The number of halogens is 1. The van der Waals surface area contributed by atoms with Crippen molar-refractivity contribution >= 4 is 27.7 Å². The van der Waals surface area contributed by atoms with Crippen LogP contribution in [0.5, 0.6) is 0 Å². The molecule has 2 N–H and O–H groups in total. The van der Waals surface area contributed by atoms with Crippen LogP contribution in [0.25, 0.3) is 0 Å².